The number of para-hydroxylation sites is 1. The van der Waals surface area contributed by atoms with Gasteiger partial charge in [0, 0.05) is 30.0 Å². The largest absolute Gasteiger partial charge is 0.423 e. The number of aromatic nitrogens is 2. The fourth-order valence-electron chi connectivity index (χ4n) is 1.48. The van der Waals surface area contributed by atoms with Crippen LogP contribution in [0.15, 0.2) is 36.7 Å². The van der Waals surface area contributed by atoms with Crippen LogP contribution in [0.4, 0.5) is 0 Å². The van der Waals surface area contributed by atoms with Crippen molar-refractivity contribution in [3.63, 3.8) is 0 Å². The van der Waals surface area contributed by atoms with E-state index < -0.39 is 0 Å². The molecule has 0 saturated heterocycles. The zero-order chi connectivity index (χ0) is 14.6. The molecule has 2 aromatic rings. The van der Waals surface area contributed by atoms with Crippen LogP contribution in [0.25, 0.3) is 0 Å². The molecule has 106 valence electrons. The maximum atomic E-state index is 6.01. The first kappa shape index (κ1) is 14.8. The number of hydrogen-bond donors (Lipinski definition) is 1. The van der Waals surface area contributed by atoms with Crippen LogP contribution in [-0.4, -0.2) is 15.5 Å². The number of hydrogen-bond acceptors (Lipinski definition) is 4. The van der Waals surface area contributed by atoms with Crippen molar-refractivity contribution < 1.29 is 4.74 Å². The first-order valence-electron chi connectivity index (χ1n) is 6.42. The van der Waals surface area contributed by atoms with Crippen LogP contribution < -0.4 is 10.1 Å². The Morgan fingerprint density at radius 3 is 2.40 bits per heavy atom. The SMILES string of the molecule is CC(C)(C)NCc1cnc(Oc2ccccc2Cl)nc1. The van der Waals surface area contributed by atoms with Crippen molar-refractivity contribution in [1.29, 1.82) is 0 Å². The molecule has 0 aliphatic carbocycles. The smallest absolute Gasteiger partial charge is 0.321 e. The van der Waals surface area contributed by atoms with Crippen LogP contribution in [0.2, 0.25) is 5.02 Å². The van der Waals surface area contributed by atoms with E-state index in [1.165, 1.54) is 0 Å². The summed E-state index contributed by atoms with van der Waals surface area (Å²) in [6, 6.07) is 7.52. The summed E-state index contributed by atoms with van der Waals surface area (Å²) in [7, 11) is 0. The first-order valence-corrected chi connectivity index (χ1v) is 6.80. The lowest BCUT2D eigenvalue weighted by Gasteiger charge is -2.20. The van der Waals surface area contributed by atoms with Gasteiger partial charge < -0.3 is 10.1 Å². The molecule has 5 heteroatoms. The van der Waals surface area contributed by atoms with Crippen LogP contribution in [0, 0.1) is 0 Å². The Balaban J connectivity index is 2.00. The third-order valence-corrected chi connectivity index (χ3v) is 2.85. The highest BCUT2D eigenvalue weighted by atomic mass is 35.5. The normalized spacial score (nSPS) is 11.4. The molecule has 0 aliphatic heterocycles. The number of nitrogens with zero attached hydrogens (tertiary/aromatic N) is 2. The molecule has 0 fully saturated rings. The number of halogens is 1. The van der Waals surface area contributed by atoms with Gasteiger partial charge in [0.1, 0.15) is 5.75 Å². The Morgan fingerprint density at radius 1 is 1.15 bits per heavy atom. The molecule has 0 spiro atoms. The van der Waals surface area contributed by atoms with E-state index in [9.17, 15) is 0 Å². The molecular weight excluding hydrogens is 274 g/mol. The maximum absolute atomic E-state index is 6.01. The lowest BCUT2D eigenvalue weighted by atomic mass is 10.1. The van der Waals surface area contributed by atoms with Crippen LogP contribution in [-0.2, 0) is 6.54 Å². The van der Waals surface area contributed by atoms with Gasteiger partial charge >= 0.3 is 6.01 Å². The summed E-state index contributed by atoms with van der Waals surface area (Å²) in [6.07, 6.45) is 3.50. The number of ether oxygens (including phenoxy) is 1. The van der Waals surface area contributed by atoms with Gasteiger partial charge in [-0.15, -0.1) is 0 Å². The predicted molar refractivity (Wildman–Crippen MR) is 80.2 cm³/mol. The minimum absolute atomic E-state index is 0.0622. The van der Waals surface area contributed by atoms with E-state index in [0.717, 1.165) is 12.1 Å². The standard InChI is InChI=1S/C15H18ClN3O/c1-15(2,3)19-10-11-8-17-14(18-9-11)20-13-7-5-4-6-12(13)16/h4-9,19H,10H2,1-3H3. The average molecular weight is 292 g/mol. The average Bonchev–Trinajstić information content (AvgIpc) is 2.40. The Labute approximate surface area is 124 Å². The molecule has 1 N–H and O–H groups in total. The number of nitrogens with one attached hydrogen (secondary N) is 1. The van der Waals surface area contributed by atoms with Gasteiger partial charge in [0.2, 0.25) is 0 Å². The van der Waals surface area contributed by atoms with E-state index in [4.69, 9.17) is 16.3 Å². The molecule has 0 bridgehead atoms. The molecule has 0 unspecified atom stereocenters. The molecule has 0 atom stereocenters. The summed E-state index contributed by atoms with van der Waals surface area (Å²) in [4.78, 5) is 8.37. The van der Waals surface area contributed by atoms with Crippen molar-refractivity contribution in [2.45, 2.75) is 32.9 Å². The summed E-state index contributed by atoms with van der Waals surface area (Å²) in [5.41, 5.74) is 1.07. The molecule has 4 nitrogen and oxygen atoms in total. The molecule has 0 aliphatic rings. The van der Waals surface area contributed by atoms with E-state index in [1.807, 2.05) is 12.1 Å². The van der Waals surface area contributed by atoms with Crippen LogP contribution in [0.3, 0.4) is 0 Å². The lowest BCUT2D eigenvalue weighted by molar-refractivity contribution is 0.420. The summed E-state index contributed by atoms with van der Waals surface area (Å²) in [6.45, 7) is 7.06. The second-order valence-corrected chi connectivity index (χ2v) is 5.92. The second-order valence-electron chi connectivity index (χ2n) is 5.51. The van der Waals surface area contributed by atoms with Gasteiger partial charge in [0.15, 0.2) is 0 Å². The van der Waals surface area contributed by atoms with Gasteiger partial charge in [-0.1, -0.05) is 23.7 Å². The molecule has 0 saturated carbocycles. The van der Waals surface area contributed by atoms with Crippen molar-refractivity contribution >= 4 is 11.6 Å². The van der Waals surface area contributed by atoms with Gasteiger partial charge in [-0.25, -0.2) is 9.97 Å². The van der Waals surface area contributed by atoms with Gasteiger partial charge in [-0.05, 0) is 32.9 Å². The Bertz CT molecular complexity index is 564. The molecular formula is C15H18ClN3O. The first-order chi connectivity index (χ1) is 9.44. The third kappa shape index (κ3) is 4.47. The zero-order valence-corrected chi connectivity index (χ0v) is 12.6. The Morgan fingerprint density at radius 2 is 1.80 bits per heavy atom. The highest BCUT2D eigenvalue weighted by Gasteiger charge is 2.09. The monoisotopic (exact) mass is 291 g/mol. The topological polar surface area (TPSA) is 47.0 Å². The Hall–Kier alpha value is -1.65. The van der Waals surface area contributed by atoms with E-state index >= 15 is 0 Å². The van der Waals surface area contributed by atoms with E-state index in [0.29, 0.717) is 10.8 Å². The number of rotatable bonds is 4. The molecule has 1 aromatic carbocycles. The van der Waals surface area contributed by atoms with Gasteiger partial charge in [-0.3, -0.25) is 0 Å². The highest BCUT2D eigenvalue weighted by Crippen LogP contribution is 2.26. The zero-order valence-electron chi connectivity index (χ0n) is 11.9. The van der Waals surface area contributed by atoms with E-state index in [-0.39, 0.29) is 11.5 Å². The summed E-state index contributed by atoms with van der Waals surface area (Å²) in [5.74, 6) is 0.551. The van der Waals surface area contributed by atoms with Crippen molar-refractivity contribution in [2.24, 2.45) is 0 Å². The molecule has 20 heavy (non-hydrogen) atoms. The van der Waals surface area contributed by atoms with Gasteiger partial charge in [0.25, 0.3) is 0 Å². The van der Waals surface area contributed by atoms with E-state index in [2.05, 4.69) is 36.1 Å². The van der Waals surface area contributed by atoms with Crippen LogP contribution in [0.1, 0.15) is 26.3 Å². The summed E-state index contributed by atoms with van der Waals surface area (Å²) < 4.78 is 5.53. The summed E-state index contributed by atoms with van der Waals surface area (Å²) >= 11 is 6.01. The Kier molecular flexibility index (Phi) is 4.57. The fraction of sp³-hybridized carbons (Fsp3) is 0.333. The lowest BCUT2D eigenvalue weighted by Crippen LogP contribution is -2.35. The van der Waals surface area contributed by atoms with Gasteiger partial charge in [-0.2, -0.15) is 0 Å². The predicted octanol–water partition coefficient (Wildman–Crippen LogP) is 3.81. The minimum atomic E-state index is 0.0622. The van der Waals surface area contributed by atoms with Crippen molar-refractivity contribution in [3.8, 4) is 11.8 Å². The van der Waals surface area contributed by atoms with Crippen molar-refractivity contribution in [1.82, 2.24) is 15.3 Å². The highest BCUT2D eigenvalue weighted by molar-refractivity contribution is 6.32. The molecule has 0 radical (unpaired) electrons. The van der Waals surface area contributed by atoms with Crippen LogP contribution >= 0.6 is 11.6 Å². The second kappa shape index (κ2) is 6.20. The fourth-order valence-corrected chi connectivity index (χ4v) is 1.65. The molecule has 1 heterocycles. The minimum Gasteiger partial charge on any atom is -0.423 e. The van der Waals surface area contributed by atoms with Gasteiger partial charge in [0.05, 0.1) is 5.02 Å². The third-order valence-electron chi connectivity index (χ3n) is 2.54. The molecule has 1 aromatic heterocycles. The number of benzene rings is 1. The van der Waals surface area contributed by atoms with E-state index in [1.54, 1.807) is 24.5 Å². The van der Waals surface area contributed by atoms with Crippen molar-refractivity contribution in [2.75, 3.05) is 0 Å². The van der Waals surface area contributed by atoms with Crippen molar-refractivity contribution in [3.05, 3.63) is 47.2 Å². The molecule has 0 amide bonds. The molecule has 2 rings (SSSR count). The maximum Gasteiger partial charge on any atom is 0.321 e. The summed E-state index contributed by atoms with van der Waals surface area (Å²) in [5, 5.41) is 3.91. The quantitative estimate of drug-likeness (QED) is 0.930. The van der Waals surface area contributed by atoms with Crippen LogP contribution in [0.5, 0.6) is 11.8 Å².